The van der Waals surface area contributed by atoms with E-state index in [0.717, 1.165) is 17.0 Å². The van der Waals surface area contributed by atoms with E-state index in [1.165, 1.54) is 0 Å². The molecule has 1 aromatic carbocycles. The number of para-hydroxylation sites is 1. The molecule has 1 aromatic rings. The fraction of sp³-hybridized carbons (Fsp3) is 0.0769. The Labute approximate surface area is 85.5 Å². The van der Waals surface area contributed by atoms with Crippen LogP contribution >= 0.6 is 0 Å². The van der Waals surface area contributed by atoms with Gasteiger partial charge in [0, 0.05) is 11.4 Å². The lowest BCUT2D eigenvalue weighted by Gasteiger charge is -2.09. The van der Waals surface area contributed by atoms with Gasteiger partial charge in [0.1, 0.15) is 0 Å². The summed E-state index contributed by atoms with van der Waals surface area (Å²) in [6, 6.07) is 10.0. The van der Waals surface area contributed by atoms with E-state index in [1.54, 1.807) is 6.08 Å². The van der Waals surface area contributed by atoms with Gasteiger partial charge >= 0.3 is 0 Å². The Balaban J connectivity index is 2.80. The van der Waals surface area contributed by atoms with Crippen molar-refractivity contribution in [2.24, 2.45) is 0 Å². The summed E-state index contributed by atoms with van der Waals surface area (Å²) >= 11 is 0. The number of hydrogen-bond donors (Lipinski definition) is 1. The minimum atomic E-state index is 0.992. The van der Waals surface area contributed by atoms with E-state index in [-0.39, 0.29) is 0 Å². The molecule has 0 aliphatic carbocycles. The summed E-state index contributed by atoms with van der Waals surface area (Å²) in [6.45, 7) is 9.52. The molecular weight excluding hydrogens is 170 g/mol. The average Bonchev–Trinajstić information content (AvgIpc) is 2.18. The Morgan fingerprint density at radius 2 is 1.93 bits per heavy atom. The van der Waals surface area contributed by atoms with Crippen molar-refractivity contribution < 1.29 is 0 Å². The molecule has 0 spiro atoms. The fourth-order valence-electron chi connectivity index (χ4n) is 1.09. The van der Waals surface area contributed by atoms with Crippen molar-refractivity contribution in [2.45, 2.75) is 6.92 Å². The second-order valence-corrected chi connectivity index (χ2v) is 3.09. The third-order valence-corrected chi connectivity index (χ3v) is 1.80. The summed E-state index contributed by atoms with van der Waals surface area (Å²) in [7, 11) is 0. The number of nitrogens with one attached hydrogen (secondary N) is 1. The Morgan fingerprint density at radius 3 is 2.43 bits per heavy atom. The molecule has 0 unspecified atom stereocenters. The van der Waals surface area contributed by atoms with Crippen LogP contribution in [0.25, 0.3) is 0 Å². The maximum Gasteiger partial charge on any atom is 0.0407 e. The van der Waals surface area contributed by atoms with Crippen molar-refractivity contribution in [3.63, 3.8) is 0 Å². The molecule has 0 fully saturated rings. The van der Waals surface area contributed by atoms with E-state index >= 15 is 0 Å². The predicted octanol–water partition coefficient (Wildman–Crippen LogP) is 3.74. The summed E-state index contributed by atoms with van der Waals surface area (Å²) in [6.07, 6.45) is 3.66. The quantitative estimate of drug-likeness (QED) is 0.704. The standard InChI is InChI=1S/C13H15N/c1-4-8-13(11(2)3)14-12-9-6-5-7-10-12/h4-10,14H,1-2H2,3H3/b13-8+. The molecule has 0 aromatic heterocycles. The minimum Gasteiger partial charge on any atom is -0.355 e. The van der Waals surface area contributed by atoms with Crippen LogP contribution in [0.15, 0.2) is 66.9 Å². The molecule has 72 valence electrons. The summed E-state index contributed by atoms with van der Waals surface area (Å²) in [5.41, 5.74) is 3.04. The van der Waals surface area contributed by atoms with Gasteiger partial charge in [-0.15, -0.1) is 0 Å². The lowest BCUT2D eigenvalue weighted by atomic mass is 10.2. The van der Waals surface area contributed by atoms with Crippen LogP contribution in [-0.4, -0.2) is 0 Å². The Morgan fingerprint density at radius 1 is 1.29 bits per heavy atom. The van der Waals surface area contributed by atoms with Gasteiger partial charge in [0.15, 0.2) is 0 Å². The van der Waals surface area contributed by atoms with Crippen LogP contribution in [0, 0.1) is 0 Å². The highest BCUT2D eigenvalue weighted by Gasteiger charge is 1.96. The number of benzene rings is 1. The SMILES string of the molecule is C=C/C=C(/Nc1ccccc1)C(=C)C. The van der Waals surface area contributed by atoms with Crippen LogP contribution in [-0.2, 0) is 0 Å². The zero-order valence-corrected chi connectivity index (χ0v) is 8.46. The zero-order chi connectivity index (χ0) is 10.4. The third kappa shape index (κ3) is 2.94. The van der Waals surface area contributed by atoms with Crippen LogP contribution in [0.1, 0.15) is 6.92 Å². The fourth-order valence-corrected chi connectivity index (χ4v) is 1.09. The Bertz CT molecular complexity index is 347. The normalized spacial score (nSPS) is 10.8. The van der Waals surface area contributed by atoms with E-state index in [0.29, 0.717) is 0 Å². The van der Waals surface area contributed by atoms with E-state index in [9.17, 15) is 0 Å². The van der Waals surface area contributed by atoms with E-state index in [4.69, 9.17) is 0 Å². The third-order valence-electron chi connectivity index (χ3n) is 1.80. The summed E-state index contributed by atoms with van der Waals surface area (Å²) < 4.78 is 0. The van der Waals surface area contributed by atoms with Gasteiger partial charge in [-0.25, -0.2) is 0 Å². The molecule has 1 nitrogen and oxygen atoms in total. The number of anilines is 1. The number of rotatable bonds is 4. The van der Waals surface area contributed by atoms with Gasteiger partial charge in [0.2, 0.25) is 0 Å². The second kappa shape index (κ2) is 5.07. The molecule has 14 heavy (non-hydrogen) atoms. The van der Waals surface area contributed by atoms with Gasteiger partial charge in [-0.3, -0.25) is 0 Å². The molecule has 0 amide bonds. The predicted molar refractivity (Wildman–Crippen MR) is 63.2 cm³/mol. The maximum atomic E-state index is 3.89. The van der Waals surface area contributed by atoms with Crippen LogP contribution in [0.3, 0.4) is 0 Å². The monoisotopic (exact) mass is 185 g/mol. The molecule has 0 aliphatic rings. The van der Waals surface area contributed by atoms with E-state index < -0.39 is 0 Å². The second-order valence-electron chi connectivity index (χ2n) is 3.09. The summed E-state index contributed by atoms with van der Waals surface area (Å²) in [5.74, 6) is 0. The first-order valence-electron chi connectivity index (χ1n) is 4.54. The van der Waals surface area contributed by atoms with Gasteiger partial charge < -0.3 is 5.32 Å². The van der Waals surface area contributed by atoms with Crippen molar-refractivity contribution in [1.82, 2.24) is 0 Å². The zero-order valence-electron chi connectivity index (χ0n) is 8.46. The van der Waals surface area contributed by atoms with Gasteiger partial charge in [0.05, 0.1) is 0 Å². The van der Waals surface area contributed by atoms with Crippen molar-refractivity contribution in [3.05, 3.63) is 66.9 Å². The van der Waals surface area contributed by atoms with Crippen LogP contribution in [0.2, 0.25) is 0 Å². The summed E-state index contributed by atoms with van der Waals surface area (Å²) in [4.78, 5) is 0. The van der Waals surface area contributed by atoms with Crippen LogP contribution < -0.4 is 5.32 Å². The molecule has 0 atom stereocenters. The molecule has 0 aliphatic heterocycles. The van der Waals surface area contributed by atoms with Crippen LogP contribution in [0.5, 0.6) is 0 Å². The molecule has 1 heteroatoms. The first kappa shape index (κ1) is 10.3. The van der Waals surface area contributed by atoms with Crippen molar-refractivity contribution in [3.8, 4) is 0 Å². The average molecular weight is 185 g/mol. The van der Waals surface area contributed by atoms with Crippen molar-refractivity contribution >= 4 is 5.69 Å². The van der Waals surface area contributed by atoms with Crippen LogP contribution in [0.4, 0.5) is 5.69 Å². The molecule has 0 saturated heterocycles. The van der Waals surface area contributed by atoms with Gasteiger partial charge in [-0.1, -0.05) is 37.4 Å². The van der Waals surface area contributed by atoms with E-state index in [1.807, 2.05) is 43.3 Å². The molecule has 0 bridgehead atoms. The van der Waals surface area contributed by atoms with Gasteiger partial charge in [-0.2, -0.15) is 0 Å². The lowest BCUT2D eigenvalue weighted by molar-refractivity contribution is 1.35. The van der Waals surface area contributed by atoms with Gasteiger partial charge in [-0.05, 0) is 30.7 Å². The molecular formula is C13H15N. The molecule has 1 N–H and O–H groups in total. The molecule has 0 heterocycles. The minimum absolute atomic E-state index is 0.992. The molecule has 0 radical (unpaired) electrons. The molecule has 0 saturated carbocycles. The maximum absolute atomic E-state index is 3.89. The Kier molecular flexibility index (Phi) is 3.74. The van der Waals surface area contributed by atoms with Crippen molar-refractivity contribution in [1.29, 1.82) is 0 Å². The number of allylic oxidation sites excluding steroid dienone is 3. The largest absolute Gasteiger partial charge is 0.355 e. The van der Waals surface area contributed by atoms with Crippen molar-refractivity contribution in [2.75, 3.05) is 5.32 Å². The highest BCUT2D eigenvalue weighted by atomic mass is 14.9. The van der Waals surface area contributed by atoms with E-state index in [2.05, 4.69) is 18.5 Å². The number of hydrogen-bond acceptors (Lipinski definition) is 1. The first-order valence-corrected chi connectivity index (χ1v) is 4.54. The highest BCUT2D eigenvalue weighted by Crippen LogP contribution is 2.13. The lowest BCUT2D eigenvalue weighted by Crippen LogP contribution is -1.99. The van der Waals surface area contributed by atoms with Gasteiger partial charge in [0.25, 0.3) is 0 Å². The topological polar surface area (TPSA) is 12.0 Å². The highest BCUT2D eigenvalue weighted by molar-refractivity contribution is 5.52. The smallest absolute Gasteiger partial charge is 0.0407 e. The first-order chi connectivity index (χ1) is 6.74. The summed E-state index contributed by atoms with van der Waals surface area (Å²) in [5, 5.41) is 3.27. The Hall–Kier alpha value is -1.76. The molecule has 1 rings (SSSR count).